The van der Waals surface area contributed by atoms with Gasteiger partial charge in [0.15, 0.2) is 5.82 Å². The van der Waals surface area contributed by atoms with Crippen LogP contribution in [0.3, 0.4) is 0 Å². The minimum Gasteiger partial charge on any atom is -0.255 e. The summed E-state index contributed by atoms with van der Waals surface area (Å²) in [4.78, 5) is 22.9. The van der Waals surface area contributed by atoms with Crippen LogP contribution >= 0.6 is 15.9 Å². The summed E-state index contributed by atoms with van der Waals surface area (Å²) < 4.78 is 1.04. The SMILES string of the molecule is Brc1ccc(-c2cnc(-c3cc(-c4ccccn4)nc(-c4ccccn4)c3)nc2)cc1. The Labute approximate surface area is 188 Å². The Morgan fingerprint density at radius 3 is 1.61 bits per heavy atom. The van der Waals surface area contributed by atoms with Crippen molar-refractivity contribution in [2.45, 2.75) is 0 Å². The van der Waals surface area contributed by atoms with Gasteiger partial charge in [-0.1, -0.05) is 40.2 Å². The molecule has 6 heteroatoms. The molecule has 4 heterocycles. The van der Waals surface area contributed by atoms with E-state index in [-0.39, 0.29) is 0 Å². The summed E-state index contributed by atoms with van der Waals surface area (Å²) >= 11 is 3.46. The third-order valence-corrected chi connectivity index (χ3v) is 5.30. The fourth-order valence-corrected chi connectivity index (χ4v) is 3.48. The third kappa shape index (κ3) is 4.25. The second-order valence-electron chi connectivity index (χ2n) is 6.86. The molecule has 0 atom stereocenters. The van der Waals surface area contributed by atoms with Crippen molar-refractivity contribution in [1.29, 1.82) is 0 Å². The van der Waals surface area contributed by atoms with E-state index < -0.39 is 0 Å². The molecule has 0 saturated carbocycles. The number of halogens is 1. The fourth-order valence-electron chi connectivity index (χ4n) is 3.22. The molecule has 0 aliphatic heterocycles. The van der Waals surface area contributed by atoms with Gasteiger partial charge in [-0.25, -0.2) is 15.0 Å². The second kappa shape index (κ2) is 8.53. The van der Waals surface area contributed by atoms with E-state index in [9.17, 15) is 0 Å². The summed E-state index contributed by atoms with van der Waals surface area (Å²) in [5.74, 6) is 0.623. The topological polar surface area (TPSA) is 64.5 Å². The molecule has 0 unspecified atom stereocenters. The molecule has 0 saturated heterocycles. The quantitative estimate of drug-likeness (QED) is 0.321. The van der Waals surface area contributed by atoms with Crippen LogP contribution in [0.25, 0.3) is 45.3 Å². The average Bonchev–Trinajstić information content (AvgIpc) is 2.85. The maximum absolute atomic E-state index is 4.79. The molecule has 1 aromatic carbocycles. The third-order valence-electron chi connectivity index (χ3n) is 4.77. The van der Waals surface area contributed by atoms with Crippen LogP contribution in [0.4, 0.5) is 0 Å². The van der Waals surface area contributed by atoms with Crippen molar-refractivity contribution in [3.63, 3.8) is 0 Å². The van der Waals surface area contributed by atoms with E-state index >= 15 is 0 Å². The van der Waals surface area contributed by atoms with E-state index in [0.717, 1.165) is 43.9 Å². The van der Waals surface area contributed by atoms with Gasteiger partial charge in [0.05, 0.1) is 22.8 Å². The Morgan fingerprint density at radius 1 is 0.516 bits per heavy atom. The Hall–Kier alpha value is -3.77. The van der Waals surface area contributed by atoms with Gasteiger partial charge in [0.1, 0.15) is 0 Å². The van der Waals surface area contributed by atoms with Crippen LogP contribution in [0.15, 0.2) is 102 Å². The predicted molar refractivity (Wildman–Crippen MR) is 125 cm³/mol. The minimum absolute atomic E-state index is 0.623. The Bertz CT molecular complexity index is 1250. The Balaban J connectivity index is 1.58. The molecule has 0 bridgehead atoms. The molecular weight excluding hydrogens is 450 g/mol. The van der Waals surface area contributed by atoms with Crippen LogP contribution in [0.1, 0.15) is 0 Å². The number of nitrogens with zero attached hydrogens (tertiary/aromatic N) is 5. The van der Waals surface area contributed by atoms with Crippen molar-refractivity contribution >= 4 is 15.9 Å². The van der Waals surface area contributed by atoms with E-state index in [0.29, 0.717) is 5.82 Å². The molecule has 5 nitrogen and oxygen atoms in total. The summed E-state index contributed by atoms with van der Waals surface area (Å²) in [7, 11) is 0. The number of pyridine rings is 3. The molecule has 0 radical (unpaired) electrons. The minimum atomic E-state index is 0.623. The summed E-state index contributed by atoms with van der Waals surface area (Å²) in [6, 6.07) is 23.5. The van der Waals surface area contributed by atoms with Crippen molar-refractivity contribution in [1.82, 2.24) is 24.9 Å². The summed E-state index contributed by atoms with van der Waals surface area (Å²) in [5.41, 5.74) is 5.95. The normalized spacial score (nSPS) is 10.7. The number of benzene rings is 1. The molecule has 5 rings (SSSR count). The van der Waals surface area contributed by atoms with Crippen molar-refractivity contribution in [3.8, 4) is 45.3 Å². The molecule has 148 valence electrons. The maximum Gasteiger partial charge on any atom is 0.159 e. The van der Waals surface area contributed by atoms with Gasteiger partial charge in [-0.3, -0.25) is 9.97 Å². The van der Waals surface area contributed by atoms with Crippen LogP contribution in [0.5, 0.6) is 0 Å². The summed E-state index contributed by atoms with van der Waals surface area (Å²) in [6.45, 7) is 0. The van der Waals surface area contributed by atoms with Gasteiger partial charge in [0.2, 0.25) is 0 Å². The second-order valence-corrected chi connectivity index (χ2v) is 7.77. The highest BCUT2D eigenvalue weighted by Crippen LogP contribution is 2.28. The van der Waals surface area contributed by atoms with Crippen molar-refractivity contribution in [2.24, 2.45) is 0 Å². The number of hydrogen-bond donors (Lipinski definition) is 0. The first-order valence-electron chi connectivity index (χ1n) is 9.69. The molecular formula is C25H16BrN5. The molecule has 5 aromatic rings. The van der Waals surface area contributed by atoms with Gasteiger partial charge in [-0.15, -0.1) is 0 Å². The first-order chi connectivity index (χ1) is 15.3. The zero-order valence-electron chi connectivity index (χ0n) is 16.4. The lowest BCUT2D eigenvalue weighted by Crippen LogP contribution is -1.96. The first-order valence-corrected chi connectivity index (χ1v) is 10.5. The predicted octanol–water partition coefficient (Wildman–Crippen LogP) is 6.09. The summed E-state index contributed by atoms with van der Waals surface area (Å²) in [5, 5.41) is 0. The van der Waals surface area contributed by atoms with Gasteiger partial charge < -0.3 is 0 Å². The van der Waals surface area contributed by atoms with Crippen LogP contribution in [0, 0.1) is 0 Å². The Morgan fingerprint density at radius 2 is 1.10 bits per heavy atom. The lowest BCUT2D eigenvalue weighted by Gasteiger charge is -2.09. The summed E-state index contributed by atoms with van der Waals surface area (Å²) in [6.07, 6.45) is 7.20. The average molecular weight is 466 g/mol. The van der Waals surface area contributed by atoms with Gasteiger partial charge in [-0.05, 0) is 54.1 Å². The van der Waals surface area contributed by atoms with Crippen LogP contribution < -0.4 is 0 Å². The molecule has 31 heavy (non-hydrogen) atoms. The zero-order chi connectivity index (χ0) is 21.0. The largest absolute Gasteiger partial charge is 0.255 e. The highest BCUT2D eigenvalue weighted by Gasteiger charge is 2.12. The van der Waals surface area contributed by atoms with Crippen molar-refractivity contribution in [3.05, 3.63) is 102 Å². The van der Waals surface area contributed by atoms with Gasteiger partial charge >= 0.3 is 0 Å². The van der Waals surface area contributed by atoms with Crippen LogP contribution in [-0.2, 0) is 0 Å². The van der Waals surface area contributed by atoms with E-state index in [4.69, 9.17) is 4.98 Å². The van der Waals surface area contributed by atoms with Crippen molar-refractivity contribution < 1.29 is 0 Å². The van der Waals surface area contributed by atoms with E-state index in [1.165, 1.54) is 0 Å². The van der Waals surface area contributed by atoms with Gasteiger partial charge in [-0.2, -0.15) is 0 Å². The molecule has 0 spiro atoms. The molecule has 0 fully saturated rings. The Kier molecular flexibility index (Phi) is 5.29. The van der Waals surface area contributed by atoms with E-state index in [2.05, 4.69) is 35.9 Å². The number of aromatic nitrogens is 5. The maximum atomic E-state index is 4.79. The van der Waals surface area contributed by atoms with Crippen molar-refractivity contribution in [2.75, 3.05) is 0 Å². The standard InChI is InChI=1S/C25H16BrN5/c26-20-9-7-17(8-10-20)19-15-29-25(30-16-19)18-13-23(21-5-1-3-11-27-21)31-24(14-18)22-6-2-4-12-28-22/h1-16H. The van der Waals surface area contributed by atoms with Gasteiger partial charge in [0, 0.05) is 40.4 Å². The molecule has 0 amide bonds. The molecule has 4 aromatic heterocycles. The number of hydrogen-bond acceptors (Lipinski definition) is 5. The first kappa shape index (κ1) is 19.2. The fraction of sp³-hybridized carbons (Fsp3) is 0. The lowest BCUT2D eigenvalue weighted by atomic mass is 10.1. The van der Waals surface area contributed by atoms with Gasteiger partial charge in [0.25, 0.3) is 0 Å². The molecule has 0 aliphatic carbocycles. The number of rotatable bonds is 4. The highest BCUT2D eigenvalue weighted by molar-refractivity contribution is 9.10. The monoisotopic (exact) mass is 465 g/mol. The van der Waals surface area contributed by atoms with E-state index in [1.54, 1.807) is 12.4 Å². The zero-order valence-corrected chi connectivity index (χ0v) is 17.9. The lowest BCUT2D eigenvalue weighted by molar-refractivity contribution is 1.16. The molecule has 0 aliphatic rings. The molecule has 0 N–H and O–H groups in total. The van der Waals surface area contributed by atoms with Crippen LogP contribution in [0.2, 0.25) is 0 Å². The highest BCUT2D eigenvalue weighted by atomic mass is 79.9. The smallest absolute Gasteiger partial charge is 0.159 e. The van der Waals surface area contributed by atoms with Crippen LogP contribution in [-0.4, -0.2) is 24.9 Å². The van der Waals surface area contributed by atoms with E-state index in [1.807, 2.05) is 85.2 Å².